The van der Waals surface area contributed by atoms with Crippen molar-refractivity contribution in [2.24, 2.45) is 17.4 Å². The predicted octanol–water partition coefficient (Wildman–Crippen LogP) is 1.75. The van der Waals surface area contributed by atoms with E-state index in [2.05, 4.69) is 5.32 Å². The lowest BCUT2D eigenvalue weighted by molar-refractivity contribution is -0.117. The summed E-state index contributed by atoms with van der Waals surface area (Å²) in [7, 11) is 0. The second-order valence-corrected chi connectivity index (χ2v) is 5.19. The van der Waals surface area contributed by atoms with Crippen LogP contribution in [-0.2, 0) is 4.79 Å². The maximum absolute atomic E-state index is 11.8. The molecule has 2 amide bonds. The van der Waals surface area contributed by atoms with Crippen LogP contribution in [0.1, 0.15) is 30.6 Å². The van der Waals surface area contributed by atoms with E-state index in [4.69, 9.17) is 23.1 Å². The second kappa shape index (κ2) is 6.54. The summed E-state index contributed by atoms with van der Waals surface area (Å²) in [6.07, 6.45) is 0.596. The molecule has 1 rings (SSSR count). The van der Waals surface area contributed by atoms with Crippen molar-refractivity contribution in [3.63, 3.8) is 0 Å². The Hall–Kier alpha value is -1.59. The third-order valence-electron chi connectivity index (χ3n) is 2.56. The minimum Gasteiger partial charge on any atom is -0.366 e. The Morgan fingerprint density at radius 3 is 2.47 bits per heavy atom. The molecular formula is C13H18ClN3O2. The molecule has 0 radical (unpaired) electrons. The van der Waals surface area contributed by atoms with Gasteiger partial charge in [-0.3, -0.25) is 9.59 Å². The summed E-state index contributed by atoms with van der Waals surface area (Å²) in [4.78, 5) is 22.8. The van der Waals surface area contributed by atoms with Crippen molar-refractivity contribution in [1.29, 1.82) is 0 Å². The molecule has 1 aromatic rings. The number of amides is 2. The monoisotopic (exact) mass is 283 g/mol. The van der Waals surface area contributed by atoms with E-state index >= 15 is 0 Å². The molecule has 0 unspecified atom stereocenters. The number of halogens is 1. The zero-order chi connectivity index (χ0) is 14.6. The van der Waals surface area contributed by atoms with Crippen molar-refractivity contribution in [1.82, 2.24) is 0 Å². The Morgan fingerprint density at radius 1 is 1.37 bits per heavy atom. The van der Waals surface area contributed by atoms with Crippen LogP contribution in [0.5, 0.6) is 0 Å². The summed E-state index contributed by atoms with van der Waals surface area (Å²) in [6.45, 7) is 3.98. The average Bonchev–Trinajstić information content (AvgIpc) is 2.27. The van der Waals surface area contributed by atoms with E-state index in [9.17, 15) is 9.59 Å². The molecule has 0 spiro atoms. The smallest absolute Gasteiger partial charge is 0.250 e. The number of nitrogens with two attached hydrogens (primary N) is 2. The topological polar surface area (TPSA) is 98.2 Å². The van der Waals surface area contributed by atoms with Crippen molar-refractivity contribution in [3.05, 3.63) is 28.8 Å². The van der Waals surface area contributed by atoms with Crippen LogP contribution in [0.3, 0.4) is 0 Å². The van der Waals surface area contributed by atoms with E-state index in [1.54, 1.807) is 6.07 Å². The number of benzene rings is 1. The van der Waals surface area contributed by atoms with E-state index in [1.807, 2.05) is 13.8 Å². The molecule has 5 nitrogen and oxygen atoms in total. The SMILES string of the molecule is CC(C)C[C@@H](N)C(=O)Nc1ccc(C(N)=O)c(Cl)c1. The zero-order valence-electron chi connectivity index (χ0n) is 10.9. The largest absolute Gasteiger partial charge is 0.366 e. The normalized spacial score (nSPS) is 12.3. The summed E-state index contributed by atoms with van der Waals surface area (Å²) in [6, 6.07) is 3.93. The molecule has 0 aromatic heterocycles. The van der Waals surface area contributed by atoms with Gasteiger partial charge in [0.1, 0.15) is 0 Å². The fourth-order valence-corrected chi connectivity index (χ4v) is 1.92. The molecule has 0 saturated carbocycles. The average molecular weight is 284 g/mol. The molecule has 0 aliphatic heterocycles. The number of carbonyl (C=O) groups excluding carboxylic acids is 2. The highest BCUT2D eigenvalue weighted by Crippen LogP contribution is 2.20. The Balaban J connectivity index is 2.75. The maximum atomic E-state index is 11.8. The predicted molar refractivity (Wildman–Crippen MR) is 76.0 cm³/mol. The zero-order valence-corrected chi connectivity index (χ0v) is 11.7. The number of nitrogens with one attached hydrogen (secondary N) is 1. The van der Waals surface area contributed by atoms with Crippen molar-refractivity contribution in [3.8, 4) is 0 Å². The highest BCUT2D eigenvalue weighted by Gasteiger charge is 2.16. The summed E-state index contributed by atoms with van der Waals surface area (Å²) < 4.78 is 0. The van der Waals surface area contributed by atoms with Crippen LogP contribution >= 0.6 is 11.6 Å². The van der Waals surface area contributed by atoms with Gasteiger partial charge >= 0.3 is 0 Å². The number of rotatable bonds is 5. The third-order valence-corrected chi connectivity index (χ3v) is 2.88. The van der Waals surface area contributed by atoms with E-state index in [-0.39, 0.29) is 16.5 Å². The Labute approximate surface area is 117 Å². The third kappa shape index (κ3) is 4.54. The van der Waals surface area contributed by atoms with Gasteiger partial charge in [0.25, 0.3) is 0 Å². The standard InChI is InChI=1S/C13H18ClN3O2/c1-7(2)5-11(15)13(19)17-8-3-4-9(12(16)18)10(14)6-8/h3-4,6-7,11H,5,15H2,1-2H3,(H2,16,18)(H,17,19)/t11-/m1/s1. The van der Waals surface area contributed by atoms with Crippen LogP contribution < -0.4 is 16.8 Å². The second-order valence-electron chi connectivity index (χ2n) is 4.78. The highest BCUT2D eigenvalue weighted by molar-refractivity contribution is 6.34. The summed E-state index contributed by atoms with van der Waals surface area (Å²) in [5.41, 5.74) is 11.6. The fraction of sp³-hybridized carbons (Fsp3) is 0.385. The van der Waals surface area contributed by atoms with Crippen molar-refractivity contribution in [2.75, 3.05) is 5.32 Å². The van der Waals surface area contributed by atoms with E-state index in [1.165, 1.54) is 12.1 Å². The van der Waals surface area contributed by atoms with Crippen LogP contribution in [-0.4, -0.2) is 17.9 Å². The van der Waals surface area contributed by atoms with Crippen molar-refractivity contribution in [2.45, 2.75) is 26.3 Å². The first-order chi connectivity index (χ1) is 8.81. The van der Waals surface area contributed by atoms with Crippen LogP contribution in [0, 0.1) is 5.92 Å². The van der Waals surface area contributed by atoms with E-state index < -0.39 is 11.9 Å². The Bertz CT molecular complexity index is 489. The first-order valence-electron chi connectivity index (χ1n) is 5.97. The molecular weight excluding hydrogens is 266 g/mol. The first-order valence-corrected chi connectivity index (χ1v) is 6.35. The Morgan fingerprint density at radius 2 is 2.00 bits per heavy atom. The van der Waals surface area contributed by atoms with Gasteiger partial charge in [0.2, 0.25) is 11.8 Å². The van der Waals surface area contributed by atoms with Gasteiger partial charge in [0.15, 0.2) is 0 Å². The van der Waals surface area contributed by atoms with Gasteiger partial charge in [0, 0.05) is 5.69 Å². The molecule has 19 heavy (non-hydrogen) atoms. The van der Waals surface area contributed by atoms with Crippen molar-refractivity contribution < 1.29 is 9.59 Å². The molecule has 0 fully saturated rings. The lowest BCUT2D eigenvalue weighted by Gasteiger charge is -2.14. The van der Waals surface area contributed by atoms with Crippen molar-refractivity contribution >= 4 is 29.1 Å². The van der Waals surface area contributed by atoms with Crippen LogP contribution in [0.4, 0.5) is 5.69 Å². The van der Waals surface area contributed by atoms with E-state index in [0.29, 0.717) is 18.0 Å². The minimum absolute atomic E-state index is 0.197. The highest BCUT2D eigenvalue weighted by atomic mass is 35.5. The lowest BCUT2D eigenvalue weighted by atomic mass is 10.0. The molecule has 0 heterocycles. The van der Waals surface area contributed by atoms with Crippen LogP contribution in [0.25, 0.3) is 0 Å². The number of hydrogen-bond donors (Lipinski definition) is 3. The number of primary amides is 1. The first kappa shape index (κ1) is 15.5. The molecule has 0 aliphatic rings. The summed E-state index contributed by atoms with van der Waals surface area (Å²) in [5.74, 6) is -0.558. The summed E-state index contributed by atoms with van der Waals surface area (Å²) in [5, 5.41) is 2.85. The number of hydrogen-bond acceptors (Lipinski definition) is 3. The summed E-state index contributed by atoms with van der Waals surface area (Å²) >= 11 is 5.89. The molecule has 5 N–H and O–H groups in total. The van der Waals surface area contributed by atoms with Gasteiger partial charge in [-0.05, 0) is 30.5 Å². The molecule has 6 heteroatoms. The minimum atomic E-state index is -0.612. The maximum Gasteiger partial charge on any atom is 0.250 e. The number of carbonyl (C=O) groups is 2. The van der Waals surface area contributed by atoms with E-state index in [0.717, 1.165) is 0 Å². The Kier molecular flexibility index (Phi) is 5.32. The molecule has 0 bridgehead atoms. The van der Waals surface area contributed by atoms with Crippen LogP contribution in [0.15, 0.2) is 18.2 Å². The number of anilines is 1. The molecule has 0 aliphatic carbocycles. The van der Waals surface area contributed by atoms with Gasteiger partial charge in [-0.25, -0.2) is 0 Å². The van der Waals surface area contributed by atoms with Gasteiger partial charge in [0.05, 0.1) is 16.6 Å². The van der Waals surface area contributed by atoms with Gasteiger partial charge in [-0.2, -0.15) is 0 Å². The van der Waals surface area contributed by atoms with Crippen LogP contribution in [0.2, 0.25) is 5.02 Å². The lowest BCUT2D eigenvalue weighted by Crippen LogP contribution is -2.36. The van der Waals surface area contributed by atoms with Gasteiger partial charge in [-0.15, -0.1) is 0 Å². The molecule has 104 valence electrons. The van der Waals surface area contributed by atoms with Gasteiger partial charge in [-0.1, -0.05) is 25.4 Å². The molecule has 1 atom stereocenters. The fourth-order valence-electron chi connectivity index (χ4n) is 1.64. The van der Waals surface area contributed by atoms with Gasteiger partial charge < -0.3 is 16.8 Å². The molecule has 0 saturated heterocycles. The molecule has 1 aromatic carbocycles. The quantitative estimate of drug-likeness (QED) is 0.768.